The van der Waals surface area contributed by atoms with Crippen LogP contribution in [0.15, 0.2) is 23.3 Å². The van der Waals surface area contributed by atoms with Crippen molar-refractivity contribution in [1.82, 2.24) is 20.5 Å². The molecule has 1 saturated heterocycles. The molecule has 1 aliphatic heterocycles. The number of piperidine rings is 1. The molecule has 2 N–H and O–H groups in total. The quantitative estimate of drug-likeness (QED) is 0.337. The molecule has 0 aromatic carbocycles. The Labute approximate surface area is 176 Å². The molecule has 0 atom stereocenters. The number of likely N-dealkylation sites (tertiary alicyclic amines) is 1. The van der Waals surface area contributed by atoms with Crippen LogP contribution >= 0.6 is 0 Å². The van der Waals surface area contributed by atoms with Gasteiger partial charge in [-0.05, 0) is 38.3 Å². The fourth-order valence-electron chi connectivity index (χ4n) is 3.27. The summed E-state index contributed by atoms with van der Waals surface area (Å²) in [5.74, 6) is 0.231. The molecular weight excluding hydrogens is 399 g/mol. The standard InChI is InChI=1S/C20H32F3N5O2/c1-3-24-19(27-16-7-12-28(13-8-16)11-5-14-29-2)26-10-15-30-18-17(20(21,22)23)6-4-9-25-18/h4,6,9,16H,3,5,7-8,10-15H2,1-2H3,(H2,24,26,27). The van der Waals surface area contributed by atoms with Crippen LogP contribution in [0.3, 0.4) is 0 Å². The van der Waals surface area contributed by atoms with Crippen molar-refractivity contribution in [3.63, 3.8) is 0 Å². The molecule has 1 aromatic heterocycles. The Morgan fingerprint density at radius 3 is 2.73 bits per heavy atom. The summed E-state index contributed by atoms with van der Waals surface area (Å²) >= 11 is 0. The minimum atomic E-state index is -4.50. The topological polar surface area (TPSA) is 71.0 Å². The van der Waals surface area contributed by atoms with Gasteiger partial charge in [-0.2, -0.15) is 13.2 Å². The van der Waals surface area contributed by atoms with Crippen LogP contribution in [0, 0.1) is 0 Å². The summed E-state index contributed by atoms with van der Waals surface area (Å²) in [6, 6.07) is 2.51. The van der Waals surface area contributed by atoms with E-state index in [9.17, 15) is 13.2 Å². The Morgan fingerprint density at radius 1 is 1.30 bits per heavy atom. The lowest BCUT2D eigenvalue weighted by atomic mass is 10.1. The van der Waals surface area contributed by atoms with Crippen LogP contribution in [-0.4, -0.2) is 74.9 Å². The molecule has 0 unspecified atom stereocenters. The zero-order valence-electron chi connectivity index (χ0n) is 17.7. The zero-order chi connectivity index (χ0) is 21.8. The molecule has 0 bridgehead atoms. The highest BCUT2D eigenvalue weighted by Gasteiger charge is 2.35. The smallest absolute Gasteiger partial charge is 0.421 e. The molecule has 30 heavy (non-hydrogen) atoms. The molecule has 10 heteroatoms. The molecule has 0 radical (unpaired) electrons. The van der Waals surface area contributed by atoms with Crippen molar-refractivity contribution in [2.75, 3.05) is 53.0 Å². The van der Waals surface area contributed by atoms with Gasteiger partial charge in [0.1, 0.15) is 12.2 Å². The molecule has 0 saturated carbocycles. The van der Waals surface area contributed by atoms with Gasteiger partial charge in [0.05, 0.1) is 6.54 Å². The van der Waals surface area contributed by atoms with Gasteiger partial charge in [0.2, 0.25) is 5.88 Å². The largest absolute Gasteiger partial charge is 0.475 e. The summed E-state index contributed by atoms with van der Waals surface area (Å²) in [6.07, 6.45) is -0.165. The van der Waals surface area contributed by atoms with Gasteiger partial charge in [0.25, 0.3) is 0 Å². The second kappa shape index (κ2) is 12.6. The predicted molar refractivity (Wildman–Crippen MR) is 110 cm³/mol. The zero-order valence-corrected chi connectivity index (χ0v) is 17.7. The first-order valence-corrected chi connectivity index (χ1v) is 10.3. The molecule has 2 rings (SSSR count). The van der Waals surface area contributed by atoms with E-state index in [-0.39, 0.29) is 13.2 Å². The van der Waals surface area contributed by atoms with Gasteiger partial charge in [0, 0.05) is 52.1 Å². The maximum atomic E-state index is 13.0. The average molecular weight is 432 g/mol. The Hall–Kier alpha value is -2.07. The highest BCUT2D eigenvalue weighted by molar-refractivity contribution is 5.80. The van der Waals surface area contributed by atoms with Crippen molar-refractivity contribution in [2.24, 2.45) is 4.99 Å². The fourth-order valence-corrected chi connectivity index (χ4v) is 3.27. The normalized spacial score (nSPS) is 16.5. The summed E-state index contributed by atoms with van der Waals surface area (Å²) in [4.78, 5) is 10.5. The number of halogens is 3. The van der Waals surface area contributed by atoms with E-state index in [0.717, 1.165) is 51.6 Å². The van der Waals surface area contributed by atoms with Gasteiger partial charge in [-0.3, -0.25) is 0 Å². The first kappa shape index (κ1) is 24.2. The van der Waals surface area contributed by atoms with E-state index in [1.54, 1.807) is 7.11 Å². The molecule has 0 amide bonds. The van der Waals surface area contributed by atoms with Crippen LogP contribution in [0.25, 0.3) is 0 Å². The minimum absolute atomic E-state index is 0.00854. The van der Waals surface area contributed by atoms with Gasteiger partial charge in [0.15, 0.2) is 5.96 Å². The Balaban J connectivity index is 1.79. The Morgan fingerprint density at radius 2 is 2.07 bits per heavy atom. The van der Waals surface area contributed by atoms with Crippen LogP contribution in [0.5, 0.6) is 5.88 Å². The summed E-state index contributed by atoms with van der Waals surface area (Å²) < 4.78 is 49.3. The lowest BCUT2D eigenvalue weighted by molar-refractivity contribution is -0.139. The number of nitrogens with one attached hydrogen (secondary N) is 2. The highest BCUT2D eigenvalue weighted by Crippen LogP contribution is 2.34. The van der Waals surface area contributed by atoms with E-state index < -0.39 is 17.6 Å². The van der Waals surface area contributed by atoms with Crippen molar-refractivity contribution in [2.45, 2.75) is 38.4 Å². The number of aromatic nitrogens is 1. The minimum Gasteiger partial charge on any atom is -0.475 e. The molecular formula is C20H32F3N5O2. The molecule has 1 aliphatic rings. The second-order valence-corrected chi connectivity index (χ2v) is 7.07. The summed E-state index contributed by atoms with van der Waals surface area (Å²) in [5, 5.41) is 6.59. The Bertz CT molecular complexity index is 650. The highest BCUT2D eigenvalue weighted by atomic mass is 19.4. The number of pyridine rings is 1. The number of methoxy groups -OCH3 is 1. The van der Waals surface area contributed by atoms with Gasteiger partial charge in [-0.15, -0.1) is 0 Å². The average Bonchev–Trinajstić information content (AvgIpc) is 2.72. The number of hydrogen-bond donors (Lipinski definition) is 2. The SMILES string of the molecule is CCNC(=NCCOc1ncccc1C(F)(F)F)NC1CCN(CCCOC)CC1. The molecule has 2 heterocycles. The van der Waals surface area contributed by atoms with Crippen LogP contribution < -0.4 is 15.4 Å². The van der Waals surface area contributed by atoms with E-state index >= 15 is 0 Å². The third-order valence-corrected chi connectivity index (χ3v) is 4.77. The van der Waals surface area contributed by atoms with Crippen molar-refractivity contribution in [3.8, 4) is 5.88 Å². The maximum absolute atomic E-state index is 13.0. The molecule has 7 nitrogen and oxygen atoms in total. The van der Waals surface area contributed by atoms with Crippen LogP contribution in [0.1, 0.15) is 31.7 Å². The van der Waals surface area contributed by atoms with E-state index in [1.165, 1.54) is 12.3 Å². The maximum Gasteiger partial charge on any atom is 0.421 e. The second-order valence-electron chi connectivity index (χ2n) is 7.07. The Kier molecular flexibility index (Phi) is 10.2. The van der Waals surface area contributed by atoms with E-state index in [1.807, 2.05) is 6.92 Å². The number of rotatable bonds is 10. The lowest BCUT2D eigenvalue weighted by Crippen LogP contribution is -2.49. The molecule has 1 fully saturated rings. The lowest BCUT2D eigenvalue weighted by Gasteiger charge is -2.33. The van der Waals surface area contributed by atoms with Crippen LogP contribution in [0.2, 0.25) is 0 Å². The van der Waals surface area contributed by atoms with Gasteiger partial charge >= 0.3 is 6.18 Å². The monoisotopic (exact) mass is 431 g/mol. The van der Waals surface area contributed by atoms with Crippen molar-refractivity contribution < 1.29 is 22.6 Å². The van der Waals surface area contributed by atoms with E-state index in [2.05, 4.69) is 25.5 Å². The predicted octanol–water partition coefficient (Wildman–Crippen LogP) is 2.54. The van der Waals surface area contributed by atoms with Gasteiger partial charge in [-0.1, -0.05) is 0 Å². The first-order valence-electron chi connectivity index (χ1n) is 10.3. The number of nitrogens with zero attached hydrogens (tertiary/aromatic N) is 3. The molecule has 0 aliphatic carbocycles. The number of ether oxygens (including phenoxy) is 2. The number of aliphatic imine (C=N–C) groups is 1. The fraction of sp³-hybridized carbons (Fsp3) is 0.700. The van der Waals surface area contributed by atoms with Crippen molar-refractivity contribution in [1.29, 1.82) is 0 Å². The van der Waals surface area contributed by atoms with Crippen molar-refractivity contribution >= 4 is 5.96 Å². The number of guanidine groups is 1. The summed E-state index contributed by atoms with van der Waals surface area (Å²) in [5.41, 5.74) is -0.878. The van der Waals surface area contributed by atoms with E-state index in [4.69, 9.17) is 9.47 Å². The third-order valence-electron chi connectivity index (χ3n) is 4.77. The summed E-state index contributed by atoms with van der Waals surface area (Å²) in [6.45, 7) is 6.75. The molecule has 0 spiro atoms. The van der Waals surface area contributed by atoms with Crippen LogP contribution in [0.4, 0.5) is 13.2 Å². The van der Waals surface area contributed by atoms with Gasteiger partial charge in [-0.25, -0.2) is 9.98 Å². The number of hydrogen-bond acceptors (Lipinski definition) is 5. The number of alkyl halides is 3. The van der Waals surface area contributed by atoms with Crippen LogP contribution in [-0.2, 0) is 10.9 Å². The summed E-state index contributed by atoms with van der Waals surface area (Å²) in [7, 11) is 1.72. The first-order chi connectivity index (χ1) is 14.4. The van der Waals surface area contributed by atoms with Crippen molar-refractivity contribution in [3.05, 3.63) is 23.9 Å². The molecule has 1 aromatic rings. The van der Waals surface area contributed by atoms with Gasteiger partial charge < -0.3 is 25.0 Å². The third kappa shape index (κ3) is 8.35. The van der Waals surface area contributed by atoms with E-state index in [0.29, 0.717) is 18.5 Å². The molecule has 170 valence electrons.